The van der Waals surface area contributed by atoms with E-state index >= 15 is 0 Å². The van der Waals surface area contributed by atoms with E-state index in [-0.39, 0.29) is 0 Å². The molecule has 0 N–H and O–H groups in total. The van der Waals surface area contributed by atoms with Crippen LogP contribution in [0, 0.1) is 0 Å². The molecule has 11 heavy (non-hydrogen) atoms. The molecular formula is C8H15NS2. The molecular weight excluding hydrogens is 174 g/mol. The number of nitrogens with zero attached hydrogens (tertiary/aromatic N) is 1. The van der Waals surface area contributed by atoms with Crippen molar-refractivity contribution in [2.24, 2.45) is 0 Å². The Hall–Kier alpha value is 0.240. The van der Waals surface area contributed by atoms with Crippen molar-refractivity contribution in [3.63, 3.8) is 0 Å². The van der Waals surface area contributed by atoms with E-state index in [1.54, 1.807) is 0 Å². The van der Waals surface area contributed by atoms with Crippen molar-refractivity contribution >= 4 is 28.3 Å². The summed E-state index contributed by atoms with van der Waals surface area (Å²) < 4.78 is 1.09. The van der Waals surface area contributed by atoms with Gasteiger partial charge in [0, 0.05) is 18.3 Å². The van der Waals surface area contributed by atoms with E-state index in [1.807, 2.05) is 11.8 Å². The van der Waals surface area contributed by atoms with Crippen LogP contribution in [0.1, 0.15) is 26.7 Å². The van der Waals surface area contributed by atoms with E-state index in [4.69, 9.17) is 12.2 Å². The zero-order valence-corrected chi connectivity index (χ0v) is 8.80. The van der Waals surface area contributed by atoms with E-state index < -0.39 is 0 Å². The van der Waals surface area contributed by atoms with Crippen LogP contribution in [0.3, 0.4) is 0 Å². The minimum atomic E-state index is 0.850. The lowest BCUT2D eigenvalue weighted by Gasteiger charge is -2.20. The highest BCUT2D eigenvalue weighted by Crippen LogP contribution is 2.35. The molecule has 0 saturated heterocycles. The van der Waals surface area contributed by atoms with Crippen LogP contribution >= 0.6 is 24.0 Å². The Kier molecular flexibility index (Phi) is 3.66. The van der Waals surface area contributed by atoms with Crippen molar-refractivity contribution in [2.75, 3.05) is 13.1 Å². The van der Waals surface area contributed by atoms with Crippen LogP contribution in [0.15, 0.2) is 0 Å². The molecule has 1 nitrogen and oxygen atoms in total. The topological polar surface area (TPSA) is 3.24 Å². The summed E-state index contributed by atoms with van der Waals surface area (Å²) in [6.07, 6.45) is 2.73. The van der Waals surface area contributed by atoms with Crippen molar-refractivity contribution in [2.45, 2.75) is 31.9 Å². The van der Waals surface area contributed by atoms with Gasteiger partial charge >= 0.3 is 0 Å². The average Bonchev–Trinajstić information content (AvgIpc) is 2.74. The van der Waals surface area contributed by atoms with Gasteiger partial charge in [0.1, 0.15) is 4.32 Å². The van der Waals surface area contributed by atoms with Crippen molar-refractivity contribution in [3.8, 4) is 0 Å². The van der Waals surface area contributed by atoms with Gasteiger partial charge < -0.3 is 4.90 Å². The van der Waals surface area contributed by atoms with Crippen molar-refractivity contribution in [1.29, 1.82) is 0 Å². The van der Waals surface area contributed by atoms with E-state index in [9.17, 15) is 0 Å². The quantitative estimate of drug-likeness (QED) is 0.628. The van der Waals surface area contributed by atoms with Crippen LogP contribution in [-0.2, 0) is 0 Å². The molecule has 1 fully saturated rings. The van der Waals surface area contributed by atoms with Crippen LogP contribution in [0.5, 0.6) is 0 Å². The number of thiocarbonyl (C=S) groups is 1. The Balaban J connectivity index is 2.24. The fourth-order valence-corrected chi connectivity index (χ4v) is 2.62. The fraction of sp³-hybridized carbons (Fsp3) is 0.875. The number of hydrogen-bond donors (Lipinski definition) is 0. The van der Waals surface area contributed by atoms with Crippen LogP contribution in [0.25, 0.3) is 0 Å². The smallest absolute Gasteiger partial charge is 0.136 e. The van der Waals surface area contributed by atoms with E-state index in [2.05, 4.69) is 18.7 Å². The van der Waals surface area contributed by atoms with E-state index in [0.29, 0.717) is 0 Å². The predicted octanol–water partition coefficient (Wildman–Crippen LogP) is 2.51. The highest BCUT2D eigenvalue weighted by atomic mass is 32.2. The maximum Gasteiger partial charge on any atom is 0.136 e. The molecule has 1 aliphatic rings. The second-order valence-electron chi connectivity index (χ2n) is 2.76. The van der Waals surface area contributed by atoms with Gasteiger partial charge in [-0.3, -0.25) is 0 Å². The first-order valence-electron chi connectivity index (χ1n) is 4.23. The maximum absolute atomic E-state index is 5.28. The summed E-state index contributed by atoms with van der Waals surface area (Å²) >= 11 is 7.16. The summed E-state index contributed by atoms with van der Waals surface area (Å²) in [6, 6.07) is 0. The molecule has 0 amide bonds. The standard InChI is InChI=1S/C8H15NS2/c1-3-9(4-2)8(10)11-7-5-6-7/h7H,3-6H2,1-2H3. The Bertz CT molecular complexity index is 139. The van der Waals surface area contributed by atoms with Crippen LogP contribution < -0.4 is 0 Å². The highest BCUT2D eigenvalue weighted by Gasteiger charge is 2.24. The minimum Gasteiger partial charge on any atom is -0.358 e. The summed E-state index contributed by atoms with van der Waals surface area (Å²) in [7, 11) is 0. The summed E-state index contributed by atoms with van der Waals surface area (Å²) in [5, 5.41) is 0.850. The molecule has 0 radical (unpaired) electrons. The molecule has 0 unspecified atom stereocenters. The SMILES string of the molecule is CCN(CC)C(=S)SC1CC1. The van der Waals surface area contributed by atoms with Gasteiger partial charge in [0.05, 0.1) is 0 Å². The minimum absolute atomic E-state index is 0.850. The summed E-state index contributed by atoms with van der Waals surface area (Å²) in [5.74, 6) is 0. The first-order chi connectivity index (χ1) is 5.27. The molecule has 0 atom stereocenters. The summed E-state index contributed by atoms with van der Waals surface area (Å²) in [5.41, 5.74) is 0. The van der Waals surface area contributed by atoms with Crippen molar-refractivity contribution in [3.05, 3.63) is 0 Å². The van der Waals surface area contributed by atoms with Gasteiger partial charge in [0.25, 0.3) is 0 Å². The highest BCUT2D eigenvalue weighted by molar-refractivity contribution is 8.23. The largest absolute Gasteiger partial charge is 0.358 e. The predicted molar refractivity (Wildman–Crippen MR) is 56.1 cm³/mol. The van der Waals surface area contributed by atoms with E-state index in [1.165, 1.54) is 12.8 Å². The normalized spacial score (nSPS) is 16.5. The molecule has 0 aromatic carbocycles. The zero-order valence-electron chi connectivity index (χ0n) is 7.17. The Morgan fingerprint density at radius 2 is 2.00 bits per heavy atom. The van der Waals surface area contributed by atoms with Gasteiger partial charge in [0.2, 0.25) is 0 Å². The lowest BCUT2D eigenvalue weighted by Crippen LogP contribution is -2.26. The van der Waals surface area contributed by atoms with E-state index in [0.717, 1.165) is 22.7 Å². The Morgan fingerprint density at radius 1 is 1.45 bits per heavy atom. The molecule has 0 spiro atoms. The average molecular weight is 189 g/mol. The van der Waals surface area contributed by atoms with Crippen LogP contribution in [-0.4, -0.2) is 27.6 Å². The van der Waals surface area contributed by atoms with Gasteiger partial charge in [0.15, 0.2) is 0 Å². The van der Waals surface area contributed by atoms with Crippen LogP contribution in [0.2, 0.25) is 0 Å². The first-order valence-corrected chi connectivity index (χ1v) is 5.52. The molecule has 3 heteroatoms. The first kappa shape index (κ1) is 9.33. The number of hydrogen-bond acceptors (Lipinski definition) is 2. The van der Waals surface area contributed by atoms with Gasteiger partial charge in [-0.25, -0.2) is 0 Å². The Morgan fingerprint density at radius 3 is 2.36 bits per heavy atom. The van der Waals surface area contributed by atoms with Gasteiger partial charge in [-0.1, -0.05) is 24.0 Å². The second kappa shape index (κ2) is 4.31. The van der Waals surface area contributed by atoms with Gasteiger partial charge in [-0.05, 0) is 26.7 Å². The van der Waals surface area contributed by atoms with Gasteiger partial charge in [-0.2, -0.15) is 0 Å². The van der Waals surface area contributed by atoms with Crippen LogP contribution in [0.4, 0.5) is 0 Å². The zero-order chi connectivity index (χ0) is 8.27. The molecule has 64 valence electrons. The number of rotatable bonds is 3. The second-order valence-corrected chi connectivity index (χ2v) is 4.69. The maximum atomic E-state index is 5.28. The molecule has 0 aromatic heterocycles. The molecule has 1 saturated carbocycles. The monoisotopic (exact) mass is 189 g/mol. The molecule has 1 aliphatic carbocycles. The third-order valence-corrected chi connectivity index (χ3v) is 3.62. The fourth-order valence-electron chi connectivity index (χ4n) is 0.885. The molecule has 0 aromatic rings. The summed E-state index contributed by atoms with van der Waals surface area (Å²) in [6.45, 7) is 6.41. The molecule has 1 rings (SSSR count). The third kappa shape index (κ3) is 2.99. The lowest BCUT2D eigenvalue weighted by molar-refractivity contribution is 0.482. The molecule has 0 aliphatic heterocycles. The Labute approximate surface area is 78.5 Å². The van der Waals surface area contributed by atoms with Crippen molar-refractivity contribution < 1.29 is 0 Å². The third-order valence-electron chi connectivity index (χ3n) is 1.81. The lowest BCUT2D eigenvalue weighted by atomic mass is 10.6. The van der Waals surface area contributed by atoms with Crippen molar-refractivity contribution in [1.82, 2.24) is 4.90 Å². The summed E-state index contributed by atoms with van der Waals surface area (Å²) in [4.78, 5) is 2.25. The molecule has 0 heterocycles. The number of thioether (sulfide) groups is 1. The van der Waals surface area contributed by atoms with Gasteiger partial charge in [-0.15, -0.1) is 0 Å². The molecule has 0 bridgehead atoms.